The summed E-state index contributed by atoms with van der Waals surface area (Å²) in [6.45, 7) is 9.71. The van der Waals surface area contributed by atoms with Gasteiger partial charge >= 0.3 is 0 Å². The number of likely N-dealkylation sites (N-methyl/N-ethyl adjacent to an activating group) is 1. The lowest BCUT2D eigenvalue weighted by Gasteiger charge is -2.25. The van der Waals surface area contributed by atoms with Gasteiger partial charge in [0.15, 0.2) is 6.10 Å². The lowest BCUT2D eigenvalue weighted by atomic mass is 10.1. The number of nitrogens with two attached hydrogens (primary N) is 1. The summed E-state index contributed by atoms with van der Waals surface area (Å²) < 4.78 is 5.93. The van der Waals surface area contributed by atoms with E-state index in [4.69, 9.17) is 10.5 Å². The summed E-state index contributed by atoms with van der Waals surface area (Å²) in [6.07, 6.45) is 0.274. The van der Waals surface area contributed by atoms with Crippen LogP contribution in [0.4, 0.5) is 0 Å². The first kappa shape index (κ1) is 16.5. The molecule has 1 atom stereocenters. The highest BCUT2D eigenvalue weighted by Crippen LogP contribution is 2.25. The molecular weight excluding hydrogens is 252 g/mol. The molecule has 0 aliphatic heterocycles. The van der Waals surface area contributed by atoms with Crippen LogP contribution in [0.5, 0.6) is 5.75 Å². The zero-order chi connectivity index (χ0) is 15.1. The van der Waals surface area contributed by atoms with E-state index in [0.29, 0.717) is 19.6 Å². The van der Waals surface area contributed by atoms with Crippen LogP contribution in [0.25, 0.3) is 0 Å². The van der Waals surface area contributed by atoms with Gasteiger partial charge in [0.25, 0.3) is 5.91 Å². The highest BCUT2D eigenvalue weighted by Gasteiger charge is 2.21. The molecule has 0 saturated heterocycles. The van der Waals surface area contributed by atoms with Gasteiger partial charge in [-0.2, -0.15) is 0 Å². The van der Waals surface area contributed by atoms with Gasteiger partial charge in [-0.05, 0) is 51.8 Å². The third kappa shape index (κ3) is 3.97. The molecule has 0 fully saturated rings. The second-order valence-corrected chi connectivity index (χ2v) is 4.87. The third-order valence-electron chi connectivity index (χ3n) is 3.42. The maximum absolute atomic E-state index is 12.3. The van der Waals surface area contributed by atoms with Crippen molar-refractivity contribution in [2.45, 2.75) is 40.2 Å². The molecule has 0 aliphatic rings. The maximum Gasteiger partial charge on any atom is 0.263 e. The van der Waals surface area contributed by atoms with E-state index in [1.54, 1.807) is 11.8 Å². The van der Waals surface area contributed by atoms with E-state index in [1.807, 2.05) is 39.0 Å². The van der Waals surface area contributed by atoms with Crippen molar-refractivity contribution in [3.63, 3.8) is 0 Å². The number of carbonyl (C=O) groups is 1. The molecule has 112 valence electrons. The largest absolute Gasteiger partial charge is 0.480 e. The number of aryl methyl sites for hydroxylation is 1. The molecule has 0 radical (unpaired) electrons. The number of rotatable bonds is 7. The lowest BCUT2D eigenvalue weighted by molar-refractivity contribution is -0.137. The van der Waals surface area contributed by atoms with E-state index >= 15 is 0 Å². The fourth-order valence-corrected chi connectivity index (χ4v) is 2.25. The summed E-state index contributed by atoms with van der Waals surface area (Å²) in [4.78, 5) is 14.0. The minimum absolute atomic E-state index is 0.0250. The molecule has 0 saturated carbocycles. The van der Waals surface area contributed by atoms with E-state index in [1.165, 1.54) is 0 Å². The van der Waals surface area contributed by atoms with Gasteiger partial charge in [-0.1, -0.05) is 18.2 Å². The van der Waals surface area contributed by atoms with E-state index in [9.17, 15) is 4.79 Å². The molecule has 0 heterocycles. The second-order valence-electron chi connectivity index (χ2n) is 4.87. The van der Waals surface area contributed by atoms with Crippen molar-refractivity contribution in [3.8, 4) is 5.75 Å². The van der Waals surface area contributed by atoms with Gasteiger partial charge in [-0.3, -0.25) is 4.79 Å². The van der Waals surface area contributed by atoms with Crippen LogP contribution in [0.1, 0.15) is 31.9 Å². The van der Waals surface area contributed by atoms with Gasteiger partial charge in [-0.15, -0.1) is 0 Å². The maximum atomic E-state index is 12.3. The molecule has 1 aromatic carbocycles. The van der Waals surface area contributed by atoms with Crippen molar-refractivity contribution in [1.29, 1.82) is 0 Å². The van der Waals surface area contributed by atoms with Crippen molar-refractivity contribution < 1.29 is 9.53 Å². The normalized spacial score (nSPS) is 12.1. The summed E-state index contributed by atoms with van der Waals surface area (Å²) in [5.74, 6) is 0.822. The molecule has 1 rings (SSSR count). The Morgan fingerprint density at radius 3 is 2.55 bits per heavy atom. The van der Waals surface area contributed by atoms with Crippen LogP contribution in [-0.4, -0.2) is 36.5 Å². The summed E-state index contributed by atoms with van der Waals surface area (Å²) in [7, 11) is 0. The molecule has 0 aromatic heterocycles. The number of hydrogen-bond acceptors (Lipinski definition) is 3. The predicted molar refractivity (Wildman–Crippen MR) is 82.0 cm³/mol. The van der Waals surface area contributed by atoms with Gasteiger partial charge in [-0.25, -0.2) is 0 Å². The topological polar surface area (TPSA) is 55.6 Å². The molecule has 0 aliphatic carbocycles. The Morgan fingerprint density at radius 1 is 1.35 bits per heavy atom. The molecule has 2 N–H and O–H groups in total. The van der Waals surface area contributed by atoms with Crippen LogP contribution in [0.15, 0.2) is 18.2 Å². The lowest BCUT2D eigenvalue weighted by Crippen LogP contribution is -2.40. The first-order chi connectivity index (χ1) is 9.54. The molecule has 1 aromatic rings. The molecule has 1 unspecified atom stereocenters. The van der Waals surface area contributed by atoms with E-state index < -0.39 is 6.10 Å². The number of ether oxygens (including phenoxy) is 1. The Bertz CT molecular complexity index is 442. The summed E-state index contributed by atoms with van der Waals surface area (Å²) in [5, 5.41) is 0. The number of nitrogens with zero attached hydrogens (tertiary/aromatic N) is 1. The Morgan fingerprint density at radius 2 is 2.00 bits per heavy atom. The number of hydrogen-bond donors (Lipinski definition) is 1. The van der Waals surface area contributed by atoms with Crippen LogP contribution in [0.3, 0.4) is 0 Å². The highest BCUT2D eigenvalue weighted by molar-refractivity contribution is 5.80. The highest BCUT2D eigenvalue weighted by atomic mass is 16.5. The molecule has 4 nitrogen and oxygen atoms in total. The smallest absolute Gasteiger partial charge is 0.263 e. The minimum Gasteiger partial charge on any atom is -0.480 e. The van der Waals surface area contributed by atoms with Gasteiger partial charge in [0, 0.05) is 13.1 Å². The van der Waals surface area contributed by atoms with Crippen LogP contribution in [0, 0.1) is 6.92 Å². The molecule has 1 amide bonds. The minimum atomic E-state index is -0.479. The fourth-order valence-electron chi connectivity index (χ4n) is 2.25. The number of carbonyl (C=O) groups excluding carboxylic acids is 1. The quantitative estimate of drug-likeness (QED) is 0.831. The first-order valence-corrected chi connectivity index (χ1v) is 7.29. The van der Waals surface area contributed by atoms with Crippen LogP contribution >= 0.6 is 0 Å². The Labute approximate surface area is 121 Å². The van der Waals surface area contributed by atoms with Crippen molar-refractivity contribution in [2.24, 2.45) is 5.73 Å². The molecule has 0 bridgehead atoms. The van der Waals surface area contributed by atoms with Crippen molar-refractivity contribution in [1.82, 2.24) is 4.90 Å². The van der Waals surface area contributed by atoms with Crippen molar-refractivity contribution in [2.75, 3.05) is 19.6 Å². The van der Waals surface area contributed by atoms with Crippen LogP contribution in [-0.2, 0) is 11.2 Å². The Kier molecular flexibility index (Phi) is 6.52. The molecular formula is C16H26N2O2. The zero-order valence-electron chi connectivity index (χ0n) is 13.0. The number of benzene rings is 1. The SMILES string of the molecule is CCN(CC)C(=O)C(C)Oc1c(C)cccc1CCN. The van der Waals surface area contributed by atoms with Gasteiger partial charge in [0.05, 0.1) is 0 Å². The average Bonchev–Trinajstić information content (AvgIpc) is 2.44. The zero-order valence-corrected chi connectivity index (χ0v) is 13.0. The predicted octanol–water partition coefficient (Wildman–Crippen LogP) is 2.13. The number of para-hydroxylation sites is 1. The number of amides is 1. The van der Waals surface area contributed by atoms with Gasteiger partial charge in [0.2, 0.25) is 0 Å². The Hall–Kier alpha value is -1.55. The van der Waals surface area contributed by atoms with E-state index in [0.717, 1.165) is 23.3 Å². The first-order valence-electron chi connectivity index (χ1n) is 7.29. The van der Waals surface area contributed by atoms with Crippen LogP contribution in [0.2, 0.25) is 0 Å². The molecule has 0 spiro atoms. The monoisotopic (exact) mass is 278 g/mol. The third-order valence-corrected chi connectivity index (χ3v) is 3.42. The van der Waals surface area contributed by atoms with Crippen molar-refractivity contribution in [3.05, 3.63) is 29.3 Å². The van der Waals surface area contributed by atoms with Crippen LogP contribution < -0.4 is 10.5 Å². The standard InChI is InChI=1S/C16H26N2O2/c1-5-18(6-2)16(19)13(4)20-15-12(3)8-7-9-14(15)10-11-17/h7-9,13H,5-6,10-11,17H2,1-4H3. The summed E-state index contributed by atoms with van der Waals surface area (Å²) >= 11 is 0. The van der Waals surface area contributed by atoms with E-state index in [2.05, 4.69) is 0 Å². The molecule has 20 heavy (non-hydrogen) atoms. The Balaban J connectivity index is 2.89. The average molecular weight is 278 g/mol. The summed E-state index contributed by atoms with van der Waals surface area (Å²) in [6, 6.07) is 5.98. The second kappa shape index (κ2) is 7.90. The van der Waals surface area contributed by atoms with Gasteiger partial charge < -0.3 is 15.4 Å². The fraction of sp³-hybridized carbons (Fsp3) is 0.562. The molecule has 4 heteroatoms. The summed E-state index contributed by atoms with van der Waals surface area (Å²) in [5.41, 5.74) is 7.73. The van der Waals surface area contributed by atoms with Crippen molar-refractivity contribution >= 4 is 5.91 Å². The van der Waals surface area contributed by atoms with Gasteiger partial charge in [0.1, 0.15) is 5.75 Å². The van der Waals surface area contributed by atoms with E-state index in [-0.39, 0.29) is 5.91 Å².